The first-order valence-electron chi connectivity index (χ1n) is 9.17. The molecule has 0 aromatic heterocycles. The summed E-state index contributed by atoms with van der Waals surface area (Å²) in [5.41, 5.74) is 7.32. The first kappa shape index (κ1) is 21.0. The predicted molar refractivity (Wildman–Crippen MR) is 104 cm³/mol. The zero-order valence-electron chi connectivity index (χ0n) is 15.9. The molecule has 0 spiro atoms. The van der Waals surface area contributed by atoms with Crippen molar-refractivity contribution in [1.29, 1.82) is 0 Å². The third-order valence-electron chi connectivity index (χ3n) is 4.53. The molecular weight excluding hydrogens is 316 g/mol. The van der Waals surface area contributed by atoms with Gasteiger partial charge in [-0.3, -0.25) is 9.59 Å². The molecule has 0 bridgehead atoms. The van der Waals surface area contributed by atoms with Gasteiger partial charge < -0.3 is 21.3 Å². The molecule has 25 heavy (non-hydrogen) atoms. The van der Waals surface area contributed by atoms with Crippen LogP contribution in [0.5, 0.6) is 0 Å². The Morgan fingerprint density at radius 3 is 2.32 bits per heavy atom. The summed E-state index contributed by atoms with van der Waals surface area (Å²) in [6.45, 7) is 11.4. The maximum absolute atomic E-state index is 12.4. The van der Waals surface area contributed by atoms with E-state index in [4.69, 9.17) is 5.73 Å². The van der Waals surface area contributed by atoms with Crippen LogP contribution < -0.4 is 16.4 Å². The Balaban J connectivity index is 2.73. The van der Waals surface area contributed by atoms with E-state index in [1.165, 1.54) is 0 Å². The van der Waals surface area contributed by atoms with Crippen LogP contribution in [0, 0.1) is 5.92 Å². The number of amides is 2. The van der Waals surface area contributed by atoms with Gasteiger partial charge in [0, 0.05) is 30.4 Å². The number of carbonyl (C=O) groups excluding carboxylic acids is 2. The van der Waals surface area contributed by atoms with Crippen molar-refractivity contribution in [2.75, 3.05) is 37.2 Å². The molecule has 6 heteroatoms. The highest BCUT2D eigenvalue weighted by Gasteiger charge is 2.16. The van der Waals surface area contributed by atoms with Gasteiger partial charge in [-0.25, -0.2) is 0 Å². The Bertz CT molecular complexity index is 567. The lowest BCUT2D eigenvalue weighted by Gasteiger charge is -2.18. The Kier molecular flexibility index (Phi) is 8.99. The Labute approximate surface area is 151 Å². The van der Waals surface area contributed by atoms with Gasteiger partial charge in [-0.05, 0) is 44.1 Å². The van der Waals surface area contributed by atoms with Gasteiger partial charge in [0.05, 0.1) is 5.56 Å². The minimum absolute atomic E-state index is 0.0242. The Morgan fingerprint density at radius 1 is 1.12 bits per heavy atom. The van der Waals surface area contributed by atoms with E-state index in [9.17, 15) is 9.59 Å². The first-order valence-corrected chi connectivity index (χ1v) is 9.17. The van der Waals surface area contributed by atoms with Crippen LogP contribution in [0.4, 0.5) is 11.4 Å². The summed E-state index contributed by atoms with van der Waals surface area (Å²) in [4.78, 5) is 26.8. The molecule has 0 aliphatic rings. The summed E-state index contributed by atoms with van der Waals surface area (Å²) in [5.74, 6) is -0.269. The predicted octanol–water partition coefficient (Wildman–Crippen LogP) is 2.72. The minimum atomic E-state index is -0.219. The fourth-order valence-corrected chi connectivity index (χ4v) is 2.70. The number of benzene rings is 1. The fourth-order valence-electron chi connectivity index (χ4n) is 2.70. The van der Waals surface area contributed by atoms with Crippen LogP contribution >= 0.6 is 0 Å². The van der Waals surface area contributed by atoms with Gasteiger partial charge in [0.25, 0.3) is 5.91 Å². The number of rotatable bonds is 10. The summed E-state index contributed by atoms with van der Waals surface area (Å²) < 4.78 is 0. The molecule has 6 nitrogen and oxygen atoms in total. The molecule has 0 saturated carbocycles. The van der Waals surface area contributed by atoms with E-state index in [0.717, 1.165) is 32.5 Å². The molecular formula is C19H32N4O2. The van der Waals surface area contributed by atoms with Gasteiger partial charge in [0.15, 0.2) is 0 Å². The summed E-state index contributed by atoms with van der Waals surface area (Å²) in [5, 5.41) is 5.77. The lowest BCUT2D eigenvalue weighted by molar-refractivity contribution is -0.120. The number of nitrogens with one attached hydrogen (secondary N) is 2. The van der Waals surface area contributed by atoms with Crippen molar-refractivity contribution in [1.82, 2.24) is 10.2 Å². The molecule has 0 saturated heterocycles. The molecule has 1 aromatic carbocycles. The van der Waals surface area contributed by atoms with Gasteiger partial charge in [-0.2, -0.15) is 0 Å². The van der Waals surface area contributed by atoms with Crippen molar-refractivity contribution in [3.8, 4) is 0 Å². The monoisotopic (exact) mass is 348 g/mol. The van der Waals surface area contributed by atoms with E-state index in [-0.39, 0.29) is 17.7 Å². The second-order valence-electron chi connectivity index (χ2n) is 6.09. The van der Waals surface area contributed by atoms with Crippen LogP contribution in [0.15, 0.2) is 18.2 Å². The van der Waals surface area contributed by atoms with Crippen LogP contribution in [0.2, 0.25) is 0 Å². The molecule has 0 atom stereocenters. The fraction of sp³-hybridized carbons (Fsp3) is 0.579. The van der Waals surface area contributed by atoms with Gasteiger partial charge >= 0.3 is 0 Å². The van der Waals surface area contributed by atoms with Crippen molar-refractivity contribution in [3.05, 3.63) is 23.8 Å². The number of hydrogen-bond donors (Lipinski definition) is 3. The van der Waals surface area contributed by atoms with Crippen LogP contribution in [0.25, 0.3) is 0 Å². The SMILES string of the molecule is CCC(CC)C(=O)Nc1ccc(N)c(C(=O)NCCN(CC)CC)c1. The van der Waals surface area contributed by atoms with Crippen LogP contribution in [-0.2, 0) is 4.79 Å². The standard InChI is InChI=1S/C19H32N4O2/c1-5-14(6-2)18(24)22-15-9-10-17(20)16(13-15)19(25)21-11-12-23(7-3)8-4/h9-10,13-14H,5-8,11-12,20H2,1-4H3,(H,21,25)(H,22,24). The lowest BCUT2D eigenvalue weighted by atomic mass is 10.0. The molecule has 0 aliphatic carbocycles. The maximum atomic E-state index is 12.4. The number of carbonyl (C=O) groups is 2. The second kappa shape index (κ2) is 10.7. The zero-order valence-corrected chi connectivity index (χ0v) is 15.9. The van der Waals surface area contributed by atoms with Crippen molar-refractivity contribution in [3.63, 3.8) is 0 Å². The highest BCUT2D eigenvalue weighted by molar-refractivity contribution is 6.01. The number of anilines is 2. The van der Waals surface area contributed by atoms with E-state index in [1.54, 1.807) is 18.2 Å². The third-order valence-corrected chi connectivity index (χ3v) is 4.53. The summed E-state index contributed by atoms with van der Waals surface area (Å²) in [6.07, 6.45) is 1.58. The van der Waals surface area contributed by atoms with E-state index in [1.807, 2.05) is 13.8 Å². The lowest BCUT2D eigenvalue weighted by Crippen LogP contribution is -2.35. The molecule has 2 amide bonds. The molecule has 0 aliphatic heterocycles. The Morgan fingerprint density at radius 2 is 1.76 bits per heavy atom. The molecule has 1 aromatic rings. The largest absolute Gasteiger partial charge is 0.398 e. The number of nitrogens with zero attached hydrogens (tertiary/aromatic N) is 1. The van der Waals surface area contributed by atoms with Crippen molar-refractivity contribution in [2.45, 2.75) is 40.5 Å². The molecule has 4 N–H and O–H groups in total. The summed E-state index contributed by atoms with van der Waals surface area (Å²) in [6, 6.07) is 5.02. The van der Waals surface area contributed by atoms with Crippen molar-refractivity contribution < 1.29 is 9.59 Å². The number of nitrogens with two attached hydrogens (primary N) is 1. The number of nitrogen functional groups attached to an aromatic ring is 1. The van der Waals surface area contributed by atoms with Gasteiger partial charge in [0.1, 0.15) is 0 Å². The van der Waals surface area contributed by atoms with Crippen LogP contribution in [-0.4, -0.2) is 42.9 Å². The van der Waals surface area contributed by atoms with E-state index >= 15 is 0 Å². The smallest absolute Gasteiger partial charge is 0.253 e. The normalized spacial score (nSPS) is 11.0. The number of hydrogen-bond acceptors (Lipinski definition) is 4. The molecule has 0 fully saturated rings. The second-order valence-corrected chi connectivity index (χ2v) is 6.09. The van der Waals surface area contributed by atoms with Crippen LogP contribution in [0.3, 0.4) is 0 Å². The average molecular weight is 348 g/mol. The quantitative estimate of drug-likeness (QED) is 0.567. The first-order chi connectivity index (χ1) is 12.0. The van der Waals surface area contributed by atoms with Crippen molar-refractivity contribution in [2.24, 2.45) is 5.92 Å². The van der Waals surface area contributed by atoms with Gasteiger partial charge in [-0.1, -0.05) is 27.7 Å². The highest BCUT2D eigenvalue weighted by Crippen LogP contribution is 2.19. The minimum Gasteiger partial charge on any atom is -0.398 e. The summed E-state index contributed by atoms with van der Waals surface area (Å²) >= 11 is 0. The average Bonchev–Trinajstić information content (AvgIpc) is 2.61. The van der Waals surface area contributed by atoms with Crippen LogP contribution in [0.1, 0.15) is 50.9 Å². The topological polar surface area (TPSA) is 87.5 Å². The maximum Gasteiger partial charge on any atom is 0.253 e. The van der Waals surface area contributed by atoms with E-state index in [2.05, 4.69) is 29.4 Å². The van der Waals surface area contributed by atoms with Crippen molar-refractivity contribution >= 4 is 23.2 Å². The highest BCUT2D eigenvalue weighted by atomic mass is 16.2. The molecule has 0 radical (unpaired) electrons. The zero-order chi connectivity index (χ0) is 18.8. The molecule has 1 rings (SSSR count). The number of likely N-dealkylation sites (N-methyl/N-ethyl adjacent to an activating group) is 1. The summed E-state index contributed by atoms with van der Waals surface area (Å²) in [7, 11) is 0. The molecule has 0 unspecified atom stereocenters. The third kappa shape index (κ3) is 6.38. The molecule has 140 valence electrons. The van der Waals surface area contributed by atoms with Gasteiger partial charge in [0.2, 0.25) is 5.91 Å². The molecule has 0 heterocycles. The van der Waals surface area contributed by atoms with E-state index in [0.29, 0.717) is 23.5 Å². The van der Waals surface area contributed by atoms with E-state index < -0.39 is 0 Å². The van der Waals surface area contributed by atoms with Gasteiger partial charge in [-0.15, -0.1) is 0 Å². The Hall–Kier alpha value is -2.08.